The van der Waals surface area contributed by atoms with Gasteiger partial charge in [-0.25, -0.2) is 0 Å². The van der Waals surface area contributed by atoms with Gasteiger partial charge in [-0.05, 0) is 49.2 Å². The van der Waals surface area contributed by atoms with Crippen molar-refractivity contribution in [2.45, 2.75) is 38.5 Å². The van der Waals surface area contributed by atoms with Crippen LogP contribution in [0.15, 0.2) is 36.5 Å². The highest BCUT2D eigenvalue weighted by Gasteiger charge is 2.24. The highest BCUT2D eigenvalue weighted by Crippen LogP contribution is 2.35. The van der Waals surface area contributed by atoms with Gasteiger partial charge >= 0.3 is 5.97 Å². The molecule has 3 rings (SSSR count). The van der Waals surface area contributed by atoms with Crippen LogP contribution in [-0.2, 0) is 14.4 Å². The number of benzene rings is 1. The number of aromatic amines is 1. The van der Waals surface area contributed by atoms with E-state index in [4.69, 9.17) is 5.11 Å². The molecule has 0 spiro atoms. The summed E-state index contributed by atoms with van der Waals surface area (Å²) in [6.45, 7) is 0. The number of H-pyrrole nitrogens is 1. The number of carbonyl (C=O) groups is 3. The minimum atomic E-state index is -0.785. The number of carbonyl (C=O) groups excluding carboxylic acids is 2. The van der Waals surface area contributed by atoms with Crippen LogP contribution in [0.4, 0.5) is 11.4 Å². The second-order valence-electron chi connectivity index (χ2n) is 6.75. The molecule has 7 heteroatoms. The average Bonchev–Trinajstić information content (AvgIpc) is 3.27. The number of fused-ring (bicyclic) bond motifs is 1. The molecular weight excluding hydrogens is 358 g/mol. The van der Waals surface area contributed by atoms with Crippen LogP contribution < -0.4 is 10.6 Å². The molecule has 4 N–H and O–H groups in total. The van der Waals surface area contributed by atoms with Gasteiger partial charge in [0, 0.05) is 41.7 Å². The topological polar surface area (TPSA) is 111 Å². The molecule has 0 bridgehead atoms. The summed E-state index contributed by atoms with van der Waals surface area (Å²) in [5.74, 6) is -1.05. The molecule has 1 aromatic carbocycles. The summed E-state index contributed by atoms with van der Waals surface area (Å²) in [4.78, 5) is 37.9. The Kier molecular flexibility index (Phi) is 6.26. The van der Waals surface area contributed by atoms with Crippen LogP contribution in [0.5, 0.6) is 0 Å². The van der Waals surface area contributed by atoms with Gasteiger partial charge in [-0.3, -0.25) is 14.4 Å². The van der Waals surface area contributed by atoms with Crippen molar-refractivity contribution in [1.82, 2.24) is 4.98 Å². The molecule has 28 heavy (non-hydrogen) atoms. The van der Waals surface area contributed by atoms with Crippen molar-refractivity contribution in [3.8, 4) is 0 Å². The Bertz CT molecular complexity index is 900. The lowest BCUT2D eigenvalue weighted by Gasteiger charge is -2.07. The number of nitrogens with one attached hydrogen (secondary N) is 3. The van der Waals surface area contributed by atoms with Crippen molar-refractivity contribution in [2.24, 2.45) is 0 Å². The van der Waals surface area contributed by atoms with Gasteiger partial charge in [0.15, 0.2) is 0 Å². The Morgan fingerprint density at radius 3 is 2.57 bits per heavy atom. The minimum Gasteiger partial charge on any atom is -0.481 e. The summed E-state index contributed by atoms with van der Waals surface area (Å²) >= 11 is 0. The number of unbranched alkanes of at least 4 members (excludes halogenated alkanes) is 3. The van der Waals surface area contributed by atoms with Gasteiger partial charge in [0.25, 0.3) is 5.91 Å². The number of carboxylic acids is 1. The zero-order chi connectivity index (χ0) is 19.9. The Balaban J connectivity index is 1.56. The molecule has 0 atom stereocenters. The molecule has 1 aliphatic rings. The second kappa shape index (κ2) is 9.03. The molecule has 0 saturated heterocycles. The normalized spacial score (nSPS) is 14.0. The van der Waals surface area contributed by atoms with Crippen molar-refractivity contribution < 1.29 is 19.5 Å². The van der Waals surface area contributed by atoms with Crippen LogP contribution in [0.1, 0.15) is 49.8 Å². The van der Waals surface area contributed by atoms with Crippen LogP contribution in [0.2, 0.25) is 0 Å². The molecule has 2 heterocycles. The molecule has 146 valence electrons. The van der Waals surface area contributed by atoms with Crippen LogP contribution in [0.3, 0.4) is 0 Å². The monoisotopic (exact) mass is 381 g/mol. The quantitative estimate of drug-likeness (QED) is 0.390. The van der Waals surface area contributed by atoms with Crippen molar-refractivity contribution in [1.29, 1.82) is 0 Å². The zero-order valence-corrected chi connectivity index (χ0v) is 15.5. The fraction of sp³-hybridized carbons (Fsp3) is 0.286. The van der Waals surface area contributed by atoms with E-state index in [2.05, 4.69) is 15.6 Å². The third-order valence-electron chi connectivity index (χ3n) is 4.55. The van der Waals surface area contributed by atoms with E-state index in [-0.39, 0.29) is 18.2 Å². The predicted molar refractivity (Wildman–Crippen MR) is 108 cm³/mol. The smallest absolute Gasteiger partial charge is 0.303 e. The zero-order valence-electron chi connectivity index (χ0n) is 15.5. The lowest BCUT2D eigenvalue weighted by molar-refractivity contribution is -0.137. The maximum atomic E-state index is 12.2. The Morgan fingerprint density at radius 1 is 1.07 bits per heavy atom. The minimum absolute atomic E-state index is 0.0923. The number of hydrogen-bond donors (Lipinski definition) is 4. The first-order valence-electron chi connectivity index (χ1n) is 9.35. The van der Waals surface area contributed by atoms with E-state index in [1.165, 1.54) is 0 Å². The Hall–Kier alpha value is -3.35. The number of anilines is 2. The second-order valence-corrected chi connectivity index (χ2v) is 6.75. The van der Waals surface area contributed by atoms with E-state index in [0.29, 0.717) is 30.5 Å². The van der Waals surface area contributed by atoms with Gasteiger partial charge in [0.2, 0.25) is 5.91 Å². The van der Waals surface area contributed by atoms with Gasteiger partial charge in [-0.2, -0.15) is 0 Å². The predicted octanol–water partition coefficient (Wildman–Crippen LogP) is 3.87. The van der Waals surface area contributed by atoms with Crippen LogP contribution in [0.25, 0.3) is 11.6 Å². The van der Waals surface area contributed by atoms with Crippen molar-refractivity contribution in [3.05, 3.63) is 47.8 Å². The van der Waals surface area contributed by atoms with Crippen molar-refractivity contribution >= 4 is 40.8 Å². The molecule has 7 nitrogen and oxygen atoms in total. The van der Waals surface area contributed by atoms with Gasteiger partial charge in [0.05, 0.1) is 5.57 Å². The van der Waals surface area contributed by atoms with Gasteiger partial charge in [-0.1, -0.05) is 12.8 Å². The lowest BCUT2D eigenvalue weighted by atomic mass is 10.0. The molecule has 1 aliphatic heterocycles. The maximum Gasteiger partial charge on any atom is 0.303 e. The fourth-order valence-corrected chi connectivity index (χ4v) is 3.14. The largest absolute Gasteiger partial charge is 0.481 e. The highest BCUT2D eigenvalue weighted by molar-refractivity contribution is 6.35. The van der Waals surface area contributed by atoms with E-state index in [1.807, 2.05) is 12.1 Å². The number of aliphatic carboxylic acids is 1. The summed E-state index contributed by atoms with van der Waals surface area (Å²) in [6, 6.07) is 9.08. The Labute approximate surface area is 162 Å². The third kappa shape index (κ3) is 5.09. The molecule has 0 radical (unpaired) electrons. The maximum absolute atomic E-state index is 12.2. The molecule has 1 aromatic heterocycles. The van der Waals surface area contributed by atoms with Crippen molar-refractivity contribution in [3.63, 3.8) is 0 Å². The summed E-state index contributed by atoms with van der Waals surface area (Å²) in [5.41, 5.74) is 3.50. The SMILES string of the molecule is O=C(O)CCCCCCC(=O)Nc1ccc2c(c1)/C(=C/c1ccc[nH]1)C(=O)N2. The van der Waals surface area contributed by atoms with E-state index in [0.717, 1.165) is 29.8 Å². The van der Waals surface area contributed by atoms with Crippen LogP contribution in [-0.4, -0.2) is 27.9 Å². The number of carboxylic acid groups (broad SMARTS) is 1. The molecule has 0 unspecified atom stereocenters. The number of aromatic nitrogens is 1. The van der Waals surface area contributed by atoms with Gasteiger partial charge in [0.1, 0.15) is 0 Å². The standard InChI is InChI=1S/C21H23N3O4/c25-19(7-3-1-2-4-8-20(26)27)23-15-9-10-18-16(13-15)17(21(28)24-18)12-14-6-5-11-22-14/h5-6,9-13,22H,1-4,7-8H2,(H,23,25)(H,24,28)(H,26,27)/b17-12-. The first kappa shape index (κ1) is 19.4. The summed E-state index contributed by atoms with van der Waals surface area (Å²) < 4.78 is 0. The summed E-state index contributed by atoms with van der Waals surface area (Å²) in [6.07, 6.45) is 7.11. The first-order chi connectivity index (χ1) is 13.5. The first-order valence-corrected chi connectivity index (χ1v) is 9.35. The summed E-state index contributed by atoms with van der Waals surface area (Å²) in [5, 5.41) is 14.3. The van der Waals surface area contributed by atoms with E-state index < -0.39 is 5.97 Å². The Morgan fingerprint density at radius 2 is 1.86 bits per heavy atom. The molecule has 2 aromatic rings. The summed E-state index contributed by atoms with van der Waals surface area (Å²) in [7, 11) is 0. The molecule has 0 saturated carbocycles. The number of amides is 2. The van der Waals surface area contributed by atoms with Crippen molar-refractivity contribution in [2.75, 3.05) is 10.6 Å². The van der Waals surface area contributed by atoms with Crippen LogP contribution in [0, 0.1) is 0 Å². The molecular formula is C21H23N3O4. The van der Waals surface area contributed by atoms with E-state index in [1.54, 1.807) is 30.5 Å². The molecule has 2 amide bonds. The molecule has 0 fully saturated rings. The number of hydrogen-bond acceptors (Lipinski definition) is 3. The van der Waals surface area contributed by atoms with E-state index in [9.17, 15) is 14.4 Å². The molecule has 0 aliphatic carbocycles. The van der Waals surface area contributed by atoms with Gasteiger partial charge in [-0.15, -0.1) is 0 Å². The van der Waals surface area contributed by atoms with Crippen LogP contribution >= 0.6 is 0 Å². The van der Waals surface area contributed by atoms with E-state index >= 15 is 0 Å². The van der Waals surface area contributed by atoms with Gasteiger partial charge < -0.3 is 20.7 Å². The third-order valence-corrected chi connectivity index (χ3v) is 4.55. The number of rotatable bonds is 9. The fourth-order valence-electron chi connectivity index (χ4n) is 3.14. The lowest BCUT2D eigenvalue weighted by Crippen LogP contribution is -2.11. The average molecular weight is 381 g/mol. The highest BCUT2D eigenvalue weighted by atomic mass is 16.4.